The molecule has 0 bridgehead atoms. The van der Waals surface area contributed by atoms with Crippen LogP contribution in [0.1, 0.15) is 0 Å². The van der Waals surface area contributed by atoms with Gasteiger partial charge in [-0.25, -0.2) is 15.0 Å². The van der Waals surface area contributed by atoms with Crippen LogP contribution in [0.4, 0.5) is 0 Å². The molecule has 4 heteroatoms. The van der Waals surface area contributed by atoms with Crippen molar-refractivity contribution < 1.29 is 4.42 Å². The fraction of sp³-hybridized carbons (Fsp3) is 0. The van der Waals surface area contributed by atoms with Crippen molar-refractivity contribution in [3.8, 4) is 67.5 Å². The van der Waals surface area contributed by atoms with Crippen molar-refractivity contribution in [2.75, 3.05) is 0 Å². The molecule has 0 unspecified atom stereocenters. The summed E-state index contributed by atoms with van der Waals surface area (Å²) in [6, 6.07) is 70.0. The second kappa shape index (κ2) is 13.6. The van der Waals surface area contributed by atoms with Crippen LogP contribution < -0.4 is 0 Å². The van der Waals surface area contributed by atoms with Gasteiger partial charge in [-0.05, 0) is 85.3 Å². The molecule has 4 nitrogen and oxygen atoms in total. The molecular weight excluding hydrogens is 695 g/mol. The SMILES string of the molecule is c1ccc(-c2nc(-c3ccc4c(-c5ccccc5)cccc4c3)nc(-c3ccc4c(c3)oc3cccc(-c5ccc(-c6ccc7ccccc7c6)cc5)c34)n2)cc1. The van der Waals surface area contributed by atoms with Gasteiger partial charge in [0.25, 0.3) is 0 Å². The quantitative estimate of drug-likeness (QED) is 0.171. The zero-order valence-corrected chi connectivity index (χ0v) is 30.8. The summed E-state index contributed by atoms with van der Waals surface area (Å²) in [5, 5.41) is 6.92. The Kier molecular flexibility index (Phi) is 7.78. The highest BCUT2D eigenvalue weighted by atomic mass is 16.3. The van der Waals surface area contributed by atoms with Gasteiger partial charge in [0.15, 0.2) is 17.5 Å². The first-order valence-corrected chi connectivity index (χ1v) is 19.2. The number of hydrogen-bond donors (Lipinski definition) is 0. The summed E-state index contributed by atoms with van der Waals surface area (Å²) < 4.78 is 6.57. The van der Waals surface area contributed by atoms with E-state index in [2.05, 4.69) is 158 Å². The first-order chi connectivity index (χ1) is 28.2. The van der Waals surface area contributed by atoms with Crippen LogP contribution in [0, 0.1) is 0 Å². The van der Waals surface area contributed by atoms with Gasteiger partial charge < -0.3 is 4.42 Å². The number of fused-ring (bicyclic) bond motifs is 5. The van der Waals surface area contributed by atoms with E-state index < -0.39 is 0 Å². The van der Waals surface area contributed by atoms with Crippen LogP contribution in [0.15, 0.2) is 205 Å². The molecule has 2 heterocycles. The Hall–Kier alpha value is -7.69. The summed E-state index contributed by atoms with van der Waals surface area (Å²) in [6.07, 6.45) is 0. The van der Waals surface area contributed by atoms with Crippen molar-refractivity contribution in [3.63, 3.8) is 0 Å². The first kappa shape index (κ1) is 32.7. The lowest BCUT2D eigenvalue weighted by atomic mass is 9.96. The summed E-state index contributed by atoms with van der Waals surface area (Å²) in [5.41, 5.74) is 11.4. The topological polar surface area (TPSA) is 51.8 Å². The second-order valence-electron chi connectivity index (χ2n) is 14.4. The second-order valence-corrected chi connectivity index (χ2v) is 14.4. The van der Waals surface area contributed by atoms with Crippen LogP contribution in [0.25, 0.3) is 111 Å². The highest BCUT2D eigenvalue weighted by Gasteiger charge is 2.17. The monoisotopic (exact) mass is 727 g/mol. The van der Waals surface area contributed by atoms with E-state index in [0.29, 0.717) is 17.5 Å². The lowest BCUT2D eigenvalue weighted by molar-refractivity contribution is 0.669. The molecule has 0 aliphatic rings. The molecule has 11 aromatic rings. The van der Waals surface area contributed by atoms with E-state index in [-0.39, 0.29) is 0 Å². The first-order valence-electron chi connectivity index (χ1n) is 19.2. The molecule has 57 heavy (non-hydrogen) atoms. The van der Waals surface area contributed by atoms with Gasteiger partial charge in [0.05, 0.1) is 0 Å². The third-order valence-electron chi connectivity index (χ3n) is 10.9. The number of benzene rings is 9. The Morgan fingerprint density at radius 1 is 0.281 bits per heavy atom. The van der Waals surface area contributed by atoms with Gasteiger partial charge in [-0.15, -0.1) is 0 Å². The maximum atomic E-state index is 6.57. The van der Waals surface area contributed by atoms with Gasteiger partial charge in [-0.3, -0.25) is 0 Å². The predicted molar refractivity (Wildman–Crippen MR) is 235 cm³/mol. The van der Waals surface area contributed by atoms with Crippen molar-refractivity contribution in [3.05, 3.63) is 200 Å². The van der Waals surface area contributed by atoms with Crippen LogP contribution in [-0.4, -0.2) is 15.0 Å². The summed E-state index contributed by atoms with van der Waals surface area (Å²) >= 11 is 0. The Morgan fingerprint density at radius 2 is 0.807 bits per heavy atom. The van der Waals surface area contributed by atoms with E-state index in [1.807, 2.05) is 42.5 Å². The van der Waals surface area contributed by atoms with Gasteiger partial charge in [0.2, 0.25) is 0 Å². The Bertz CT molecular complexity index is 3280. The van der Waals surface area contributed by atoms with Crippen molar-refractivity contribution in [2.24, 2.45) is 0 Å². The van der Waals surface area contributed by atoms with Crippen LogP contribution in [0.3, 0.4) is 0 Å². The molecule has 2 aromatic heterocycles. The van der Waals surface area contributed by atoms with E-state index in [9.17, 15) is 0 Å². The Balaban J connectivity index is 0.988. The van der Waals surface area contributed by atoms with Crippen LogP contribution in [0.5, 0.6) is 0 Å². The van der Waals surface area contributed by atoms with Gasteiger partial charge in [0, 0.05) is 27.5 Å². The summed E-state index contributed by atoms with van der Waals surface area (Å²) in [6.45, 7) is 0. The highest BCUT2D eigenvalue weighted by Crippen LogP contribution is 2.39. The molecule has 0 radical (unpaired) electrons. The molecule has 0 aliphatic heterocycles. The Labute approximate surface area is 329 Å². The van der Waals surface area contributed by atoms with E-state index >= 15 is 0 Å². The van der Waals surface area contributed by atoms with Crippen molar-refractivity contribution in [1.29, 1.82) is 0 Å². The number of rotatable bonds is 6. The van der Waals surface area contributed by atoms with Crippen LogP contribution in [0.2, 0.25) is 0 Å². The zero-order chi connectivity index (χ0) is 37.7. The Morgan fingerprint density at radius 3 is 1.58 bits per heavy atom. The lowest BCUT2D eigenvalue weighted by Crippen LogP contribution is -2.00. The molecule has 9 aromatic carbocycles. The summed E-state index contributed by atoms with van der Waals surface area (Å²) in [7, 11) is 0. The normalized spacial score (nSPS) is 11.5. The summed E-state index contributed by atoms with van der Waals surface area (Å²) in [5.74, 6) is 1.82. The fourth-order valence-corrected chi connectivity index (χ4v) is 8.06. The maximum Gasteiger partial charge on any atom is 0.164 e. The fourth-order valence-electron chi connectivity index (χ4n) is 8.06. The molecule has 0 spiro atoms. The van der Waals surface area contributed by atoms with Crippen LogP contribution >= 0.6 is 0 Å². The van der Waals surface area contributed by atoms with E-state index in [4.69, 9.17) is 19.4 Å². The lowest BCUT2D eigenvalue weighted by Gasteiger charge is -2.11. The zero-order valence-electron chi connectivity index (χ0n) is 30.8. The van der Waals surface area contributed by atoms with Gasteiger partial charge >= 0.3 is 0 Å². The highest BCUT2D eigenvalue weighted by molar-refractivity contribution is 6.13. The molecule has 0 saturated heterocycles. The number of furan rings is 1. The minimum atomic E-state index is 0.587. The van der Waals surface area contributed by atoms with Crippen LogP contribution in [-0.2, 0) is 0 Å². The van der Waals surface area contributed by atoms with Gasteiger partial charge in [-0.2, -0.15) is 0 Å². The van der Waals surface area contributed by atoms with Gasteiger partial charge in [-0.1, -0.05) is 170 Å². The number of hydrogen-bond acceptors (Lipinski definition) is 4. The van der Waals surface area contributed by atoms with Crippen molar-refractivity contribution >= 4 is 43.5 Å². The minimum absolute atomic E-state index is 0.587. The average Bonchev–Trinajstić information content (AvgIpc) is 3.67. The standard InChI is InChI=1S/C53H33N3O/c1-3-12-36(13-4-1)44-18-9-17-41-32-42(27-29-45(41)44)52-54-51(38-14-5-2-6-15-38)55-53(56-52)43-28-30-47-49(33-43)57-48-20-10-19-46(50(47)48)37-24-21-35(22-25-37)40-26-23-34-11-7-8-16-39(34)31-40/h1-33H. The van der Waals surface area contributed by atoms with E-state index in [1.165, 1.54) is 38.4 Å². The molecule has 0 saturated carbocycles. The number of aromatic nitrogens is 3. The molecule has 266 valence electrons. The maximum absolute atomic E-state index is 6.57. The molecule has 0 aliphatic carbocycles. The molecule has 11 rings (SSSR count). The molecule has 0 fully saturated rings. The number of nitrogens with zero attached hydrogens (tertiary/aromatic N) is 3. The molecular formula is C53H33N3O. The summed E-state index contributed by atoms with van der Waals surface area (Å²) in [4.78, 5) is 15.1. The third-order valence-corrected chi connectivity index (χ3v) is 10.9. The molecule has 0 atom stereocenters. The largest absolute Gasteiger partial charge is 0.456 e. The third kappa shape index (κ3) is 5.92. The predicted octanol–water partition coefficient (Wildman–Crippen LogP) is 14.1. The van der Waals surface area contributed by atoms with E-state index in [0.717, 1.165) is 55.1 Å². The van der Waals surface area contributed by atoms with Gasteiger partial charge in [0.1, 0.15) is 11.2 Å². The molecule has 0 amide bonds. The average molecular weight is 728 g/mol. The van der Waals surface area contributed by atoms with Crippen molar-refractivity contribution in [1.82, 2.24) is 15.0 Å². The minimum Gasteiger partial charge on any atom is -0.456 e. The van der Waals surface area contributed by atoms with E-state index in [1.54, 1.807) is 0 Å². The van der Waals surface area contributed by atoms with Crippen molar-refractivity contribution in [2.45, 2.75) is 0 Å². The smallest absolute Gasteiger partial charge is 0.164 e. The molecule has 0 N–H and O–H groups in total.